The molecule has 0 aliphatic carbocycles. The number of carbonyl (C=O) groups excluding carboxylic acids is 2. The van der Waals surface area contributed by atoms with Gasteiger partial charge < -0.3 is 10.2 Å². The first-order chi connectivity index (χ1) is 10.6. The van der Waals surface area contributed by atoms with Crippen LogP contribution in [0.5, 0.6) is 0 Å². The number of anilines is 1. The Morgan fingerprint density at radius 1 is 1.27 bits per heavy atom. The standard InChI is InChI=1S/C18H26N2O2/c1-3-4-5-8-11-19-18(22)15-12-17(21)20(13-15)16-10-7-6-9-14(16)2/h6-7,9-10,15H,3-5,8,11-13H2,1-2H3,(H,19,22)/t15-/m0/s1. The van der Waals surface area contributed by atoms with E-state index in [0.29, 0.717) is 19.5 Å². The second kappa shape index (κ2) is 7.97. The van der Waals surface area contributed by atoms with Gasteiger partial charge in [-0.1, -0.05) is 44.4 Å². The minimum atomic E-state index is -0.224. The van der Waals surface area contributed by atoms with Crippen molar-refractivity contribution in [2.24, 2.45) is 5.92 Å². The molecule has 1 aliphatic heterocycles. The predicted octanol–water partition coefficient (Wildman–Crippen LogP) is 3.04. The minimum Gasteiger partial charge on any atom is -0.356 e. The lowest BCUT2D eigenvalue weighted by atomic mass is 10.1. The first-order valence-electron chi connectivity index (χ1n) is 8.27. The third-order valence-electron chi connectivity index (χ3n) is 4.23. The van der Waals surface area contributed by atoms with Crippen LogP contribution in [0.1, 0.15) is 44.6 Å². The number of hydrogen-bond donors (Lipinski definition) is 1. The molecular weight excluding hydrogens is 276 g/mol. The summed E-state index contributed by atoms with van der Waals surface area (Å²) in [6, 6.07) is 7.82. The molecule has 0 saturated carbocycles. The minimum absolute atomic E-state index is 0.0148. The summed E-state index contributed by atoms with van der Waals surface area (Å²) in [4.78, 5) is 26.1. The van der Waals surface area contributed by atoms with Gasteiger partial charge in [0.25, 0.3) is 0 Å². The van der Waals surface area contributed by atoms with Crippen molar-refractivity contribution in [3.63, 3.8) is 0 Å². The summed E-state index contributed by atoms with van der Waals surface area (Å²) in [6.07, 6.45) is 4.88. The summed E-state index contributed by atoms with van der Waals surface area (Å²) < 4.78 is 0. The molecule has 4 nitrogen and oxygen atoms in total. The summed E-state index contributed by atoms with van der Waals surface area (Å²) >= 11 is 0. The molecule has 2 rings (SSSR count). The molecule has 0 aromatic heterocycles. The van der Waals surface area contributed by atoms with Crippen LogP contribution in [0.2, 0.25) is 0 Å². The lowest BCUT2D eigenvalue weighted by Gasteiger charge is -2.18. The number of nitrogens with one attached hydrogen (secondary N) is 1. The highest BCUT2D eigenvalue weighted by atomic mass is 16.2. The van der Waals surface area contributed by atoms with Gasteiger partial charge in [0, 0.05) is 25.2 Å². The highest BCUT2D eigenvalue weighted by molar-refractivity contribution is 6.00. The number of nitrogens with zero attached hydrogens (tertiary/aromatic N) is 1. The molecule has 120 valence electrons. The largest absolute Gasteiger partial charge is 0.356 e. The SMILES string of the molecule is CCCCCCNC(=O)[C@H]1CC(=O)N(c2ccccc2C)C1. The summed E-state index contributed by atoms with van der Waals surface area (Å²) in [7, 11) is 0. The maximum Gasteiger partial charge on any atom is 0.227 e. The molecule has 22 heavy (non-hydrogen) atoms. The fourth-order valence-electron chi connectivity index (χ4n) is 2.89. The van der Waals surface area contributed by atoms with Crippen molar-refractivity contribution in [1.29, 1.82) is 0 Å². The average molecular weight is 302 g/mol. The zero-order chi connectivity index (χ0) is 15.9. The second-order valence-corrected chi connectivity index (χ2v) is 6.04. The quantitative estimate of drug-likeness (QED) is 0.787. The van der Waals surface area contributed by atoms with Crippen molar-refractivity contribution in [3.05, 3.63) is 29.8 Å². The van der Waals surface area contributed by atoms with E-state index in [1.807, 2.05) is 31.2 Å². The zero-order valence-corrected chi connectivity index (χ0v) is 13.6. The number of unbranched alkanes of at least 4 members (excludes halogenated alkanes) is 3. The molecular formula is C18H26N2O2. The Hall–Kier alpha value is -1.84. The van der Waals surface area contributed by atoms with Crippen LogP contribution in [0.15, 0.2) is 24.3 Å². The Morgan fingerprint density at radius 3 is 2.77 bits per heavy atom. The van der Waals surface area contributed by atoms with E-state index < -0.39 is 0 Å². The number of amides is 2. The first-order valence-corrected chi connectivity index (χ1v) is 8.27. The number of para-hydroxylation sites is 1. The Balaban J connectivity index is 1.87. The molecule has 0 unspecified atom stereocenters. The predicted molar refractivity (Wildman–Crippen MR) is 88.8 cm³/mol. The van der Waals surface area contributed by atoms with Gasteiger partial charge in [-0.15, -0.1) is 0 Å². The molecule has 1 N–H and O–H groups in total. The summed E-state index contributed by atoms with van der Waals surface area (Å²) in [6.45, 7) is 5.37. The highest BCUT2D eigenvalue weighted by Gasteiger charge is 2.35. The zero-order valence-electron chi connectivity index (χ0n) is 13.6. The van der Waals surface area contributed by atoms with Crippen molar-refractivity contribution in [3.8, 4) is 0 Å². The normalized spacial score (nSPS) is 17.8. The highest BCUT2D eigenvalue weighted by Crippen LogP contribution is 2.27. The van der Waals surface area contributed by atoms with E-state index in [1.54, 1.807) is 4.90 Å². The van der Waals surface area contributed by atoms with Gasteiger partial charge in [0.1, 0.15) is 0 Å². The summed E-state index contributed by atoms with van der Waals surface area (Å²) in [5.41, 5.74) is 1.99. The molecule has 0 spiro atoms. The monoisotopic (exact) mass is 302 g/mol. The van der Waals surface area contributed by atoms with Gasteiger partial charge in [0.2, 0.25) is 11.8 Å². The lowest BCUT2D eigenvalue weighted by Crippen LogP contribution is -2.33. The van der Waals surface area contributed by atoms with E-state index >= 15 is 0 Å². The van der Waals surface area contributed by atoms with Crippen molar-refractivity contribution < 1.29 is 9.59 Å². The lowest BCUT2D eigenvalue weighted by molar-refractivity contribution is -0.126. The van der Waals surface area contributed by atoms with Crippen molar-refractivity contribution >= 4 is 17.5 Å². The van der Waals surface area contributed by atoms with Crippen LogP contribution in [0, 0.1) is 12.8 Å². The van der Waals surface area contributed by atoms with Crippen molar-refractivity contribution in [2.75, 3.05) is 18.0 Å². The first kappa shape index (κ1) is 16.5. The summed E-state index contributed by atoms with van der Waals surface area (Å²) in [5, 5.41) is 2.97. The molecule has 0 radical (unpaired) electrons. The van der Waals surface area contributed by atoms with E-state index in [0.717, 1.165) is 24.1 Å². The fourth-order valence-corrected chi connectivity index (χ4v) is 2.89. The molecule has 1 fully saturated rings. The van der Waals surface area contributed by atoms with Gasteiger partial charge in [-0.05, 0) is 25.0 Å². The second-order valence-electron chi connectivity index (χ2n) is 6.04. The molecule has 4 heteroatoms. The Bertz CT molecular complexity index is 528. The number of aryl methyl sites for hydroxylation is 1. The topological polar surface area (TPSA) is 49.4 Å². The van der Waals surface area contributed by atoms with E-state index in [4.69, 9.17) is 0 Å². The van der Waals surface area contributed by atoms with E-state index in [-0.39, 0.29) is 17.7 Å². The van der Waals surface area contributed by atoms with Crippen molar-refractivity contribution in [2.45, 2.75) is 46.0 Å². The maximum atomic E-state index is 12.2. The van der Waals surface area contributed by atoms with E-state index in [1.165, 1.54) is 12.8 Å². The van der Waals surface area contributed by atoms with Gasteiger partial charge in [-0.2, -0.15) is 0 Å². The number of carbonyl (C=O) groups is 2. The molecule has 0 bridgehead atoms. The number of benzene rings is 1. The smallest absolute Gasteiger partial charge is 0.227 e. The summed E-state index contributed by atoms with van der Waals surface area (Å²) in [5.74, 6) is -0.167. The molecule has 1 heterocycles. The number of hydrogen-bond acceptors (Lipinski definition) is 2. The van der Waals surface area contributed by atoms with E-state index in [9.17, 15) is 9.59 Å². The van der Waals surface area contributed by atoms with Gasteiger partial charge in [-0.25, -0.2) is 0 Å². The third-order valence-corrected chi connectivity index (χ3v) is 4.23. The molecule has 1 saturated heterocycles. The van der Waals surface area contributed by atoms with Gasteiger partial charge in [0.05, 0.1) is 5.92 Å². The van der Waals surface area contributed by atoms with Gasteiger partial charge in [0.15, 0.2) is 0 Å². The average Bonchev–Trinajstić information content (AvgIpc) is 2.89. The fraction of sp³-hybridized carbons (Fsp3) is 0.556. The number of rotatable bonds is 7. The Morgan fingerprint density at radius 2 is 2.05 bits per heavy atom. The van der Waals surface area contributed by atoms with Crippen LogP contribution in [0.25, 0.3) is 0 Å². The van der Waals surface area contributed by atoms with Crippen molar-refractivity contribution in [1.82, 2.24) is 5.32 Å². The van der Waals surface area contributed by atoms with Crippen LogP contribution in [0.3, 0.4) is 0 Å². The Kier molecular flexibility index (Phi) is 5.99. The van der Waals surface area contributed by atoms with Crippen LogP contribution in [-0.2, 0) is 9.59 Å². The molecule has 1 aromatic rings. The molecule has 1 aromatic carbocycles. The third kappa shape index (κ3) is 4.09. The van der Waals surface area contributed by atoms with Crippen LogP contribution in [-0.4, -0.2) is 24.9 Å². The van der Waals surface area contributed by atoms with Gasteiger partial charge in [-0.3, -0.25) is 9.59 Å². The molecule has 1 atom stereocenters. The van der Waals surface area contributed by atoms with Crippen LogP contribution < -0.4 is 10.2 Å². The van der Waals surface area contributed by atoms with Crippen LogP contribution in [0.4, 0.5) is 5.69 Å². The van der Waals surface area contributed by atoms with Crippen LogP contribution >= 0.6 is 0 Å². The van der Waals surface area contributed by atoms with Gasteiger partial charge >= 0.3 is 0 Å². The molecule has 1 aliphatic rings. The Labute approximate surface area is 132 Å². The maximum absolute atomic E-state index is 12.2. The molecule has 2 amide bonds. The van der Waals surface area contributed by atoms with E-state index in [2.05, 4.69) is 12.2 Å².